The van der Waals surface area contributed by atoms with Crippen molar-refractivity contribution in [3.8, 4) is 0 Å². The third kappa shape index (κ3) is 5.85. The minimum Gasteiger partial charge on any atom is -0.372 e. The second kappa shape index (κ2) is 7.13. The van der Waals surface area contributed by atoms with Gasteiger partial charge in [0, 0.05) is 18.2 Å². The highest BCUT2D eigenvalue weighted by molar-refractivity contribution is 6.30. The average molecular weight is 270 g/mol. The van der Waals surface area contributed by atoms with Crippen molar-refractivity contribution in [2.45, 2.75) is 33.3 Å². The third-order valence-electron chi connectivity index (χ3n) is 2.78. The van der Waals surface area contributed by atoms with Crippen LogP contribution in [0.25, 0.3) is 0 Å². The molecule has 0 heterocycles. The number of rotatable bonds is 6. The monoisotopic (exact) mass is 269 g/mol. The van der Waals surface area contributed by atoms with E-state index in [0.717, 1.165) is 30.2 Å². The van der Waals surface area contributed by atoms with E-state index in [-0.39, 0.29) is 6.10 Å². The Morgan fingerprint density at radius 1 is 1.33 bits per heavy atom. The van der Waals surface area contributed by atoms with Crippen molar-refractivity contribution in [2.75, 3.05) is 20.2 Å². The van der Waals surface area contributed by atoms with E-state index in [9.17, 15) is 0 Å². The van der Waals surface area contributed by atoms with Crippen molar-refractivity contribution in [1.29, 1.82) is 0 Å². The molecule has 102 valence electrons. The van der Waals surface area contributed by atoms with Crippen LogP contribution in [0, 0.1) is 5.41 Å². The van der Waals surface area contributed by atoms with Gasteiger partial charge in [-0.05, 0) is 36.6 Å². The lowest BCUT2D eigenvalue weighted by Crippen LogP contribution is -2.21. The van der Waals surface area contributed by atoms with Crippen molar-refractivity contribution in [2.24, 2.45) is 5.41 Å². The van der Waals surface area contributed by atoms with Crippen molar-refractivity contribution < 1.29 is 4.74 Å². The van der Waals surface area contributed by atoms with E-state index in [1.165, 1.54) is 0 Å². The molecule has 0 aliphatic carbocycles. The highest BCUT2D eigenvalue weighted by Crippen LogP contribution is 2.23. The van der Waals surface area contributed by atoms with E-state index in [0.29, 0.717) is 5.41 Å². The van der Waals surface area contributed by atoms with Gasteiger partial charge in [0.1, 0.15) is 0 Å². The molecule has 1 N–H and O–H groups in total. The van der Waals surface area contributed by atoms with Crippen molar-refractivity contribution >= 4 is 11.6 Å². The molecule has 1 aromatic carbocycles. The molecule has 0 amide bonds. The van der Waals surface area contributed by atoms with Crippen LogP contribution in [0.4, 0.5) is 0 Å². The second-order valence-electron chi connectivity index (χ2n) is 5.78. The summed E-state index contributed by atoms with van der Waals surface area (Å²) in [6, 6.07) is 7.88. The zero-order valence-electron chi connectivity index (χ0n) is 11.8. The minimum absolute atomic E-state index is 0.0658. The van der Waals surface area contributed by atoms with E-state index in [4.69, 9.17) is 16.3 Å². The molecule has 0 aliphatic heterocycles. The van der Waals surface area contributed by atoms with Crippen LogP contribution in [0.5, 0.6) is 0 Å². The third-order valence-corrected chi connectivity index (χ3v) is 3.02. The van der Waals surface area contributed by atoms with Crippen LogP contribution in [-0.2, 0) is 4.74 Å². The SMILES string of the molecule is CNCC(OCCC(C)(C)C)c1cccc(Cl)c1. The molecule has 0 saturated heterocycles. The highest BCUT2D eigenvalue weighted by atomic mass is 35.5. The Kier molecular flexibility index (Phi) is 6.13. The maximum atomic E-state index is 6.02. The van der Waals surface area contributed by atoms with Crippen LogP contribution >= 0.6 is 11.6 Å². The van der Waals surface area contributed by atoms with Gasteiger partial charge in [-0.25, -0.2) is 0 Å². The molecule has 2 nitrogen and oxygen atoms in total. The molecular formula is C15H24ClNO. The van der Waals surface area contributed by atoms with Crippen LogP contribution < -0.4 is 5.32 Å². The van der Waals surface area contributed by atoms with Gasteiger partial charge in [0.2, 0.25) is 0 Å². The summed E-state index contributed by atoms with van der Waals surface area (Å²) in [6.07, 6.45) is 1.12. The van der Waals surface area contributed by atoms with Crippen LogP contribution in [0.1, 0.15) is 38.9 Å². The number of halogens is 1. The van der Waals surface area contributed by atoms with E-state index < -0.39 is 0 Å². The molecule has 0 saturated carbocycles. The largest absolute Gasteiger partial charge is 0.372 e. The Bertz CT molecular complexity index is 360. The molecular weight excluding hydrogens is 246 g/mol. The molecule has 0 spiro atoms. The van der Waals surface area contributed by atoms with E-state index in [1.54, 1.807) is 0 Å². The van der Waals surface area contributed by atoms with Gasteiger partial charge in [-0.3, -0.25) is 0 Å². The average Bonchev–Trinajstić information content (AvgIpc) is 2.26. The lowest BCUT2D eigenvalue weighted by atomic mass is 9.93. The molecule has 1 unspecified atom stereocenters. The maximum Gasteiger partial charge on any atom is 0.0949 e. The maximum absolute atomic E-state index is 6.02. The fourth-order valence-corrected chi connectivity index (χ4v) is 1.87. The van der Waals surface area contributed by atoms with E-state index in [1.807, 2.05) is 25.2 Å². The van der Waals surface area contributed by atoms with E-state index >= 15 is 0 Å². The van der Waals surface area contributed by atoms with Crippen LogP contribution in [0.2, 0.25) is 5.02 Å². The fourth-order valence-electron chi connectivity index (χ4n) is 1.67. The van der Waals surface area contributed by atoms with Gasteiger partial charge < -0.3 is 10.1 Å². The Balaban J connectivity index is 2.60. The molecule has 3 heteroatoms. The lowest BCUT2D eigenvalue weighted by molar-refractivity contribution is 0.0381. The van der Waals surface area contributed by atoms with Crippen molar-refractivity contribution in [3.05, 3.63) is 34.9 Å². The van der Waals surface area contributed by atoms with Crippen molar-refractivity contribution in [1.82, 2.24) is 5.32 Å². The van der Waals surface area contributed by atoms with Gasteiger partial charge in [0.05, 0.1) is 6.10 Å². The predicted molar refractivity (Wildman–Crippen MR) is 78.1 cm³/mol. The number of hydrogen-bond donors (Lipinski definition) is 1. The molecule has 0 fully saturated rings. The predicted octanol–water partition coefficient (Wildman–Crippen LogP) is 4.05. The molecule has 0 bridgehead atoms. The summed E-state index contributed by atoms with van der Waals surface area (Å²) in [5, 5.41) is 3.92. The standard InChI is InChI=1S/C15H24ClNO/c1-15(2,3)8-9-18-14(11-17-4)12-6-5-7-13(16)10-12/h5-7,10,14,17H,8-9,11H2,1-4H3. The van der Waals surface area contributed by atoms with Crippen LogP contribution in [-0.4, -0.2) is 20.2 Å². The Labute approximate surface area is 116 Å². The summed E-state index contributed by atoms with van der Waals surface area (Å²) in [5.74, 6) is 0. The normalized spacial score (nSPS) is 13.6. The van der Waals surface area contributed by atoms with E-state index in [2.05, 4.69) is 32.2 Å². The zero-order valence-corrected chi connectivity index (χ0v) is 12.6. The van der Waals surface area contributed by atoms with Gasteiger partial charge in [0.25, 0.3) is 0 Å². The van der Waals surface area contributed by atoms with Gasteiger partial charge in [0.15, 0.2) is 0 Å². The van der Waals surface area contributed by atoms with Crippen molar-refractivity contribution in [3.63, 3.8) is 0 Å². The fraction of sp³-hybridized carbons (Fsp3) is 0.600. The molecule has 1 aromatic rings. The Hall–Kier alpha value is -0.570. The first-order valence-corrected chi connectivity index (χ1v) is 6.82. The second-order valence-corrected chi connectivity index (χ2v) is 6.22. The first kappa shape index (κ1) is 15.5. The first-order chi connectivity index (χ1) is 8.42. The number of likely N-dealkylation sites (N-methyl/N-ethyl adjacent to an activating group) is 1. The molecule has 0 aromatic heterocycles. The quantitative estimate of drug-likeness (QED) is 0.841. The van der Waals surface area contributed by atoms with Gasteiger partial charge in [-0.15, -0.1) is 0 Å². The molecule has 18 heavy (non-hydrogen) atoms. The summed E-state index contributed by atoms with van der Waals surface area (Å²) in [4.78, 5) is 0. The summed E-state index contributed by atoms with van der Waals surface area (Å²) in [6.45, 7) is 8.24. The summed E-state index contributed by atoms with van der Waals surface area (Å²) in [7, 11) is 1.94. The number of ether oxygens (including phenoxy) is 1. The summed E-state index contributed by atoms with van der Waals surface area (Å²) >= 11 is 6.02. The Morgan fingerprint density at radius 2 is 2.06 bits per heavy atom. The lowest BCUT2D eigenvalue weighted by Gasteiger charge is -2.22. The van der Waals surface area contributed by atoms with Gasteiger partial charge in [-0.2, -0.15) is 0 Å². The minimum atomic E-state index is 0.0658. The highest BCUT2D eigenvalue weighted by Gasteiger charge is 2.14. The zero-order chi connectivity index (χ0) is 13.6. The van der Waals surface area contributed by atoms with Crippen LogP contribution in [0.3, 0.4) is 0 Å². The Morgan fingerprint density at radius 3 is 2.61 bits per heavy atom. The molecule has 1 atom stereocenters. The number of nitrogens with one attached hydrogen (secondary N) is 1. The number of benzene rings is 1. The summed E-state index contributed by atoms with van der Waals surface area (Å²) < 4.78 is 5.98. The topological polar surface area (TPSA) is 21.3 Å². The number of hydrogen-bond acceptors (Lipinski definition) is 2. The van der Waals surface area contributed by atoms with Gasteiger partial charge in [-0.1, -0.05) is 44.5 Å². The molecule has 1 rings (SSSR count). The van der Waals surface area contributed by atoms with Gasteiger partial charge >= 0.3 is 0 Å². The first-order valence-electron chi connectivity index (χ1n) is 6.44. The molecule has 0 radical (unpaired) electrons. The smallest absolute Gasteiger partial charge is 0.0949 e. The van der Waals surface area contributed by atoms with Crippen LogP contribution in [0.15, 0.2) is 24.3 Å². The molecule has 0 aliphatic rings. The summed E-state index contributed by atoms with van der Waals surface area (Å²) in [5.41, 5.74) is 1.43.